The second kappa shape index (κ2) is 6.17. The van der Waals surface area contributed by atoms with Gasteiger partial charge in [0.15, 0.2) is 0 Å². The molecule has 1 aliphatic heterocycles. The van der Waals surface area contributed by atoms with E-state index in [-0.39, 0.29) is 0 Å². The Kier molecular flexibility index (Phi) is 4.81. The van der Waals surface area contributed by atoms with Crippen LogP contribution in [0.5, 0.6) is 0 Å². The van der Waals surface area contributed by atoms with Gasteiger partial charge >= 0.3 is 0 Å². The lowest BCUT2D eigenvalue weighted by Gasteiger charge is -2.29. The Morgan fingerprint density at radius 1 is 1.44 bits per heavy atom. The van der Waals surface area contributed by atoms with E-state index in [4.69, 9.17) is 0 Å². The van der Waals surface area contributed by atoms with Gasteiger partial charge in [0.2, 0.25) is 0 Å². The van der Waals surface area contributed by atoms with Crippen LogP contribution in [0.25, 0.3) is 0 Å². The van der Waals surface area contributed by atoms with Crippen LogP contribution < -0.4 is 5.32 Å². The van der Waals surface area contributed by atoms with Crippen molar-refractivity contribution in [3.8, 4) is 0 Å². The fourth-order valence-electron chi connectivity index (χ4n) is 2.71. The van der Waals surface area contributed by atoms with Crippen LogP contribution in [0.3, 0.4) is 0 Å². The van der Waals surface area contributed by atoms with Gasteiger partial charge in [0.1, 0.15) is 0 Å². The van der Waals surface area contributed by atoms with Crippen LogP contribution in [0, 0.1) is 12.8 Å². The minimum atomic E-state index is 0.789. The maximum Gasteiger partial charge on any atom is 0.0739 e. The van der Waals surface area contributed by atoms with Crippen molar-refractivity contribution in [2.24, 2.45) is 13.0 Å². The van der Waals surface area contributed by atoms with Gasteiger partial charge in [-0.05, 0) is 61.8 Å². The zero-order chi connectivity index (χ0) is 13.1. The number of rotatable bonds is 4. The molecule has 0 amide bonds. The van der Waals surface area contributed by atoms with Crippen molar-refractivity contribution in [3.05, 3.63) is 15.9 Å². The molecule has 102 valence electrons. The van der Waals surface area contributed by atoms with Gasteiger partial charge in [-0.25, -0.2) is 0 Å². The molecule has 0 bridgehead atoms. The zero-order valence-electron chi connectivity index (χ0n) is 11.5. The summed E-state index contributed by atoms with van der Waals surface area (Å²) in [5, 5.41) is 7.98. The van der Waals surface area contributed by atoms with Crippen molar-refractivity contribution >= 4 is 15.9 Å². The number of piperidine rings is 1. The summed E-state index contributed by atoms with van der Waals surface area (Å²) in [4.78, 5) is 2.43. The maximum absolute atomic E-state index is 4.41. The Labute approximate surface area is 118 Å². The molecule has 0 aromatic carbocycles. The highest BCUT2D eigenvalue weighted by Crippen LogP contribution is 2.20. The van der Waals surface area contributed by atoms with Gasteiger partial charge in [0, 0.05) is 20.1 Å². The lowest BCUT2D eigenvalue weighted by atomic mass is 9.98. The normalized spacial score (nSPS) is 21.4. The number of aryl methyl sites for hydroxylation is 2. The molecule has 1 saturated heterocycles. The first-order valence-electron chi connectivity index (χ1n) is 6.65. The molecular formula is C13H23BrN4. The predicted molar refractivity (Wildman–Crippen MR) is 77.6 cm³/mol. The molecule has 0 saturated carbocycles. The number of hydrogen-bond donors (Lipinski definition) is 1. The van der Waals surface area contributed by atoms with Crippen molar-refractivity contribution in [1.82, 2.24) is 20.0 Å². The Morgan fingerprint density at radius 3 is 2.83 bits per heavy atom. The third-order valence-electron chi connectivity index (χ3n) is 3.71. The van der Waals surface area contributed by atoms with E-state index in [2.05, 4.69) is 38.3 Å². The molecule has 1 fully saturated rings. The largest absolute Gasteiger partial charge is 0.311 e. The first kappa shape index (κ1) is 14.0. The molecule has 2 heterocycles. The summed E-state index contributed by atoms with van der Waals surface area (Å²) < 4.78 is 3.10. The number of halogens is 1. The summed E-state index contributed by atoms with van der Waals surface area (Å²) in [6.45, 7) is 6.49. The minimum Gasteiger partial charge on any atom is -0.311 e. The van der Waals surface area contributed by atoms with Crippen LogP contribution in [0.4, 0.5) is 0 Å². The van der Waals surface area contributed by atoms with Crippen LogP contribution in [-0.4, -0.2) is 41.4 Å². The summed E-state index contributed by atoms with van der Waals surface area (Å²) in [6, 6.07) is 0. The van der Waals surface area contributed by atoms with E-state index in [0.29, 0.717) is 0 Å². The lowest BCUT2D eigenvalue weighted by molar-refractivity contribution is 0.206. The minimum absolute atomic E-state index is 0.789. The summed E-state index contributed by atoms with van der Waals surface area (Å²) in [6.07, 6.45) is 2.68. The molecular weight excluding hydrogens is 292 g/mol. The van der Waals surface area contributed by atoms with Gasteiger partial charge in [0.05, 0.1) is 15.9 Å². The molecule has 4 nitrogen and oxygen atoms in total. The number of likely N-dealkylation sites (tertiary alicyclic amines) is 1. The Hall–Kier alpha value is -0.390. The fraction of sp³-hybridized carbons (Fsp3) is 0.769. The molecule has 1 atom stereocenters. The van der Waals surface area contributed by atoms with Gasteiger partial charge in [-0.3, -0.25) is 4.68 Å². The molecule has 2 rings (SSSR count). The van der Waals surface area contributed by atoms with Gasteiger partial charge < -0.3 is 10.2 Å². The SMILES string of the molecule is Cc1nn(C)c(CNCC2CCCN(C)C2)c1Br. The number of hydrogen-bond acceptors (Lipinski definition) is 3. The van der Waals surface area contributed by atoms with E-state index in [1.165, 1.54) is 31.6 Å². The monoisotopic (exact) mass is 314 g/mol. The number of nitrogens with zero attached hydrogens (tertiary/aromatic N) is 3. The number of aromatic nitrogens is 2. The topological polar surface area (TPSA) is 33.1 Å². The molecule has 5 heteroatoms. The second-order valence-electron chi connectivity index (χ2n) is 5.37. The Balaban J connectivity index is 1.81. The Morgan fingerprint density at radius 2 is 2.22 bits per heavy atom. The van der Waals surface area contributed by atoms with Crippen LogP contribution in [0.1, 0.15) is 24.2 Å². The average Bonchev–Trinajstić information content (AvgIpc) is 2.56. The van der Waals surface area contributed by atoms with E-state index >= 15 is 0 Å². The van der Waals surface area contributed by atoms with Crippen molar-refractivity contribution in [1.29, 1.82) is 0 Å². The summed E-state index contributed by atoms with van der Waals surface area (Å²) in [5.41, 5.74) is 2.29. The highest BCUT2D eigenvalue weighted by atomic mass is 79.9. The zero-order valence-corrected chi connectivity index (χ0v) is 13.1. The van der Waals surface area contributed by atoms with Crippen molar-refractivity contribution in [2.45, 2.75) is 26.3 Å². The highest BCUT2D eigenvalue weighted by Gasteiger charge is 2.17. The second-order valence-corrected chi connectivity index (χ2v) is 6.16. The van der Waals surface area contributed by atoms with Gasteiger partial charge in [0.25, 0.3) is 0 Å². The Bertz CT molecular complexity index is 402. The first-order valence-corrected chi connectivity index (χ1v) is 7.44. The van der Waals surface area contributed by atoms with E-state index < -0.39 is 0 Å². The van der Waals surface area contributed by atoms with Gasteiger partial charge in [-0.2, -0.15) is 5.10 Å². The molecule has 1 aromatic rings. The molecule has 0 spiro atoms. The number of nitrogens with one attached hydrogen (secondary N) is 1. The van der Waals surface area contributed by atoms with Crippen LogP contribution in [-0.2, 0) is 13.6 Å². The van der Waals surface area contributed by atoms with Crippen molar-refractivity contribution < 1.29 is 0 Å². The van der Waals surface area contributed by atoms with E-state index in [9.17, 15) is 0 Å². The molecule has 1 N–H and O–H groups in total. The molecule has 1 aliphatic rings. The lowest BCUT2D eigenvalue weighted by Crippen LogP contribution is -2.37. The third-order valence-corrected chi connectivity index (χ3v) is 4.74. The molecule has 0 radical (unpaired) electrons. The van der Waals surface area contributed by atoms with E-state index in [0.717, 1.165) is 29.2 Å². The quantitative estimate of drug-likeness (QED) is 0.921. The van der Waals surface area contributed by atoms with Gasteiger partial charge in [-0.1, -0.05) is 0 Å². The molecule has 1 unspecified atom stereocenters. The first-order chi connectivity index (χ1) is 8.58. The van der Waals surface area contributed by atoms with E-state index in [1.807, 2.05) is 18.7 Å². The maximum atomic E-state index is 4.41. The summed E-state index contributed by atoms with van der Waals surface area (Å²) in [5.74, 6) is 0.789. The highest BCUT2D eigenvalue weighted by molar-refractivity contribution is 9.10. The molecule has 18 heavy (non-hydrogen) atoms. The van der Waals surface area contributed by atoms with E-state index in [1.54, 1.807) is 0 Å². The molecule has 0 aliphatic carbocycles. The summed E-state index contributed by atoms with van der Waals surface area (Å²) >= 11 is 3.61. The molecule has 1 aromatic heterocycles. The van der Waals surface area contributed by atoms with Crippen molar-refractivity contribution in [2.75, 3.05) is 26.7 Å². The van der Waals surface area contributed by atoms with Crippen LogP contribution >= 0.6 is 15.9 Å². The fourth-order valence-corrected chi connectivity index (χ4v) is 3.18. The van der Waals surface area contributed by atoms with Crippen LogP contribution in [0.2, 0.25) is 0 Å². The summed E-state index contributed by atoms with van der Waals surface area (Å²) in [7, 11) is 4.22. The smallest absolute Gasteiger partial charge is 0.0739 e. The van der Waals surface area contributed by atoms with Gasteiger partial charge in [-0.15, -0.1) is 0 Å². The van der Waals surface area contributed by atoms with Crippen molar-refractivity contribution in [3.63, 3.8) is 0 Å². The standard InChI is InChI=1S/C13H23BrN4/c1-10-13(14)12(18(3)16-10)8-15-7-11-5-4-6-17(2)9-11/h11,15H,4-9H2,1-3H3. The predicted octanol–water partition coefficient (Wildman–Crippen LogP) is 1.92. The average molecular weight is 315 g/mol. The van der Waals surface area contributed by atoms with Crippen LogP contribution in [0.15, 0.2) is 4.47 Å². The third kappa shape index (κ3) is 3.33.